The Labute approximate surface area is 154 Å². The second kappa shape index (κ2) is 7.49. The van der Waals surface area contributed by atoms with Gasteiger partial charge in [0.25, 0.3) is 0 Å². The predicted octanol–water partition coefficient (Wildman–Crippen LogP) is 5.02. The first-order chi connectivity index (χ1) is 12.5. The van der Waals surface area contributed by atoms with Gasteiger partial charge in [0.2, 0.25) is 0 Å². The van der Waals surface area contributed by atoms with Gasteiger partial charge in [0.1, 0.15) is 22.8 Å². The van der Waals surface area contributed by atoms with Gasteiger partial charge < -0.3 is 9.36 Å². The molecule has 7 heteroatoms. The van der Waals surface area contributed by atoms with Crippen LogP contribution in [0, 0.1) is 12.7 Å². The van der Waals surface area contributed by atoms with Crippen molar-refractivity contribution in [3.63, 3.8) is 0 Å². The maximum absolute atomic E-state index is 13.0. The van der Waals surface area contributed by atoms with Gasteiger partial charge in [-0.1, -0.05) is 52.2 Å². The fourth-order valence-corrected chi connectivity index (χ4v) is 2.57. The summed E-state index contributed by atoms with van der Waals surface area (Å²) in [5, 5.41) is 8.16. The fourth-order valence-electron chi connectivity index (χ4n) is 2.35. The monoisotopic (exact) mass is 372 g/mol. The minimum absolute atomic E-state index is 0.147. The molecule has 1 heterocycles. The zero-order valence-electron chi connectivity index (χ0n) is 14.0. The van der Waals surface area contributed by atoms with Crippen LogP contribution in [-0.4, -0.2) is 16.8 Å². The lowest BCUT2D eigenvalue weighted by Crippen LogP contribution is -2.06. The van der Waals surface area contributed by atoms with E-state index in [0.29, 0.717) is 27.6 Å². The predicted molar refractivity (Wildman–Crippen MR) is 95.7 cm³/mol. The van der Waals surface area contributed by atoms with E-state index in [1.165, 1.54) is 12.1 Å². The molecule has 0 N–H and O–H groups in total. The molecule has 0 aliphatic carbocycles. The van der Waals surface area contributed by atoms with Crippen molar-refractivity contribution in [3.05, 3.63) is 76.3 Å². The normalized spacial score (nSPS) is 11.5. The molecular formula is C19H14ClFN2O3. The first-order valence-corrected chi connectivity index (χ1v) is 8.08. The van der Waals surface area contributed by atoms with Crippen molar-refractivity contribution in [3.8, 4) is 11.3 Å². The van der Waals surface area contributed by atoms with Gasteiger partial charge in [0, 0.05) is 5.56 Å². The van der Waals surface area contributed by atoms with Crippen LogP contribution in [0.4, 0.5) is 4.39 Å². The maximum Gasteiger partial charge on any atom is 0.371 e. The number of aryl methyl sites for hydroxylation is 1. The summed E-state index contributed by atoms with van der Waals surface area (Å²) in [4.78, 5) is 17.5. The Balaban J connectivity index is 1.87. The number of nitrogens with zero attached hydrogens (tertiary/aromatic N) is 2. The highest BCUT2D eigenvalue weighted by Crippen LogP contribution is 2.31. The number of oxime groups is 1. The molecule has 0 saturated heterocycles. The molecular weight excluding hydrogens is 359 g/mol. The molecule has 0 unspecified atom stereocenters. The molecule has 0 atom stereocenters. The maximum atomic E-state index is 13.0. The van der Waals surface area contributed by atoms with E-state index in [1.807, 2.05) is 0 Å². The van der Waals surface area contributed by atoms with Crippen LogP contribution in [0.1, 0.15) is 28.6 Å². The van der Waals surface area contributed by atoms with Gasteiger partial charge in [-0.15, -0.1) is 0 Å². The van der Waals surface area contributed by atoms with Crippen LogP contribution < -0.4 is 0 Å². The quantitative estimate of drug-likeness (QED) is 0.366. The van der Waals surface area contributed by atoms with Gasteiger partial charge in [-0.2, -0.15) is 0 Å². The summed E-state index contributed by atoms with van der Waals surface area (Å²) in [5.74, 6) is -0.789. The molecule has 0 fully saturated rings. The van der Waals surface area contributed by atoms with Crippen molar-refractivity contribution in [1.82, 2.24) is 5.16 Å². The van der Waals surface area contributed by atoms with Crippen molar-refractivity contribution in [1.29, 1.82) is 0 Å². The van der Waals surface area contributed by atoms with E-state index in [0.717, 1.165) is 0 Å². The van der Waals surface area contributed by atoms with Crippen LogP contribution in [0.5, 0.6) is 0 Å². The van der Waals surface area contributed by atoms with Crippen molar-refractivity contribution in [2.24, 2.45) is 5.16 Å². The Morgan fingerprint density at radius 2 is 1.88 bits per heavy atom. The molecule has 0 spiro atoms. The average molecular weight is 373 g/mol. The van der Waals surface area contributed by atoms with E-state index in [4.69, 9.17) is 21.0 Å². The van der Waals surface area contributed by atoms with Crippen LogP contribution >= 0.6 is 11.6 Å². The standard InChI is InChI=1S/C19H14ClFN2O3/c1-11(13-7-9-14(21)10-8-13)22-26-19(24)17-12(2)25-23-18(17)15-5-3-4-6-16(15)20/h3-10H,1-2H3. The Bertz CT molecular complexity index is 981. The van der Waals surface area contributed by atoms with Crippen molar-refractivity contribution < 1.29 is 18.5 Å². The van der Waals surface area contributed by atoms with Gasteiger partial charge in [-0.3, -0.25) is 0 Å². The molecule has 2 aromatic carbocycles. The molecule has 0 aliphatic heterocycles. The summed E-state index contributed by atoms with van der Waals surface area (Å²) >= 11 is 6.17. The summed E-state index contributed by atoms with van der Waals surface area (Å²) in [6.07, 6.45) is 0. The van der Waals surface area contributed by atoms with Gasteiger partial charge in [0.05, 0.1) is 10.7 Å². The SMILES string of the molecule is CC(=NOC(=O)c1c(-c2ccccc2Cl)noc1C)c1ccc(F)cc1. The highest BCUT2D eigenvalue weighted by atomic mass is 35.5. The van der Waals surface area contributed by atoms with Gasteiger partial charge in [-0.25, -0.2) is 9.18 Å². The van der Waals surface area contributed by atoms with Gasteiger partial charge in [-0.05, 0) is 37.6 Å². The van der Waals surface area contributed by atoms with Gasteiger partial charge in [0.15, 0.2) is 0 Å². The molecule has 0 amide bonds. The van der Waals surface area contributed by atoms with Gasteiger partial charge >= 0.3 is 5.97 Å². The Kier molecular flexibility index (Phi) is 5.14. The highest BCUT2D eigenvalue weighted by Gasteiger charge is 2.24. The molecule has 132 valence electrons. The molecule has 1 aromatic heterocycles. The average Bonchev–Trinajstić information content (AvgIpc) is 3.02. The molecule has 26 heavy (non-hydrogen) atoms. The highest BCUT2D eigenvalue weighted by molar-refractivity contribution is 6.33. The van der Waals surface area contributed by atoms with Crippen molar-refractivity contribution in [2.75, 3.05) is 0 Å². The number of benzene rings is 2. The summed E-state index contributed by atoms with van der Waals surface area (Å²) < 4.78 is 18.1. The summed E-state index contributed by atoms with van der Waals surface area (Å²) in [5.41, 5.74) is 2.04. The van der Waals surface area contributed by atoms with Crippen molar-refractivity contribution in [2.45, 2.75) is 13.8 Å². The van der Waals surface area contributed by atoms with Crippen LogP contribution in [-0.2, 0) is 4.84 Å². The number of carbonyl (C=O) groups excluding carboxylic acids is 1. The largest absolute Gasteiger partial charge is 0.371 e. The number of aromatic nitrogens is 1. The van der Waals surface area contributed by atoms with Crippen LogP contribution in [0.3, 0.4) is 0 Å². The van der Waals surface area contributed by atoms with Crippen LogP contribution in [0.25, 0.3) is 11.3 Å². The summed E-state index contributed by atoms with van der Waals surface area (Å²) in [6, 6.07) is 12.6. The van der Waals surface area contributed by atoms with E-state index in [9.17, 15) is 9.18 Å². The zero-order valence-corrected chi connectivity index (χ0v) is 14.7. The lowest BCUT2D eigenvalue weighted by atomic mass is 10.1. The third kappa shape index (κ3) is 3.65. The number of rotatable bonds is 4. The number of hydrogen-bond acceptors (Lipinski definition) is 5. The second-order valence-corrected chi connectivity index (χ2v) is 5.91. The van der Waals surface area contributed by atoms with Crippen molar-refractivity contribution >= 4 is 23.3 Å². The van der Waals surface area contributed by atoms with E-state index in [2.05, 4.69) is 10.3 Å². The summed E-state index contributed by atoms with van der Waals surface area (Å²) in [7, 11) is 0. The minimum Gasteiger partial charge on any atom is -0.360 e. The summed E-state index contributed by atoms with van der Waals surface area (Å²) in [6.45, 7) is 3.25. The fraction of sp³-hybridized carbons (Fsp3) is 0.105. The lowest BCUT2D eigenvalue weighted by molar-refractivity contribution is 0.0515. The molecule has 0 saturated carbocycles. The minimum atomic E-state index is -0.722. The molecule has 3 aromatic rings. The number of carbonyl (C=O) groups is 1. The number of hydrogen-bond donors (Lipinski definition) is 0. The number of halogens is 2. The molecule has 0 bridgehead atoms. The second-order valence-electron chi connectivity index (χ2n) is 5.50. The van der Waals surface area contributed by atoms with E-state index in [-0.39, 0.29) is 17.1 Å². The topological polar surface area (TPSA) is 64.7 Å². The first kappa shape index (κ1) is 17.8. The molecule has 5 nitrogen and oxygen atoms in total. The smallest absolute Gasteiger partial charge is 0.360 e. The van der Waals surface area contributed by atoms with E-state index in [1.54, 1.807) is 50.2 Å². The van der Waals surface area contributed by atoms with E-state index < -0.39 is 5.97 Å². The Morgan fingerprint density at radius 1 is 1.19 bits per heavy atom. The third-order valence-electron chi connectivity index (χ3n) is 3.72. The Hall–Kier alpha value is -2.99. The zero-order chi connectivity index (χ0) is 18.7. The third-order valence-corrected chi connectivity index (χ3v) is 4.05. The van der Waals surface area contributed by atoms with E-state index >= 15 is 0 Å². The molecule has 0 radical (unpaired) electrons. The molecule has 0 aliphatic rings. The molecule has 3 rings (SSSR count). The first-order valence-electron chi connectivity index (χ1n) is 7.70. The Morgan fingerprint density at radius 3 is 2.58 bits per heavy atom. The lowest BCUT2D eigenvalue weighted by Gasteiger charge is -2.04. The van der Waals surface area contributed by atoms with Crippen LogP contribution in [0.2, 0.25) is 5.02 Å². The van der Waals surface area contributed by atoms with Crippen LogP contribution in [0.15, 0.2) is 58.2 Å².